The second kappa shape index (κ2) is 6.95. The maximum Gasteiger partial charge on any atom is 0.471 e. The van der Waals surface area contributed by atoms with Gasteiger partial charge in [-0.05, 0) is 18.8 Å². The van der Waals surface area contributed by atoms with E-state index in [4.69, 9.17) is 0 Å². The number of ether oxygens (including phenoxy) is 1. The third-order valence-electron chi connectivity index (χ3n) is 3.75. The summed E-state index contributed by atoms with van der Waals surface area (Å²) in [7, 11) is 1.17. The maximum atomic E-state index is 12.7. The van der Waals surface area contributed by atoms with Crippen LogP contribution in [0.4, 0.5) is 13.2 Å². The average molecular weight is 295 g/mol. The molecule has 1 fully saturated rings. The molecular formula is C13H20F3NO3. The third kappa shape index (κ3) is 4.38. The largest absolute Gasteiger partial charge is 0.471 e. The first-order chi connectivity index (χ1) is 9.27. The van der Waals surface area contributed by atoms with Crippen LogP contribution in [0.1, 0.15) is 39.0 Å². The summed E-state index contributed by atoms with van der Waals surface area (Å²) < 4.78 is 42.5. The Kier molecular flexibility index (Phi) is 5.83. The van der Waals surface area contributed by atoms with Gasteiger partial charge in [-0.1, -0.05) is 19.8 Å². The van der Waals surface area contributed by atoms with Gasteiger partial charge in [0.2, 0.25) is 0 Å². The minimum atomic E-state index is -4.91. The van der Waals surface area contributed by atoms with Crippen molar-refractivity contribution in [3.63, 3.8) is 0 Å². The van der Waals surface area contributed by atoms with Crippen molar-refractivity contribution in [1.82, 2.24) is 4.90 Å². The molecule has 0 aromatic carbocycles. The summed E-state index contributed by atoms with van der Waals surface area (Å²) in [6.45, 7) is 1.60. The molecule has 0 aromatic heterocycles. The van der Waals surface area contributed by atoms with Crippen LogP contribution >= 0.6 is 0 Å². The van der Waals surface area contributed by atoms with E-state index in [0.717, 1.165) is 24.2 Å². The van der Waals surface area contributed by atoms with Gasteiger partial charge in [0, 0.05) is 12.6 Å². The lowest BCUT2D eigenvalue weighted by atomic mass is 9.84. The maximum absolute atomic E-state index is 12.7. The van der Waals surface area contributed by atoms with Crippen molar-refractivity contribution in [3.8, 4) is 0 Å². The molecule has 1 amide bonds. The van der Waals surface area contributed by atoms with Gasteiger partial charge in [0.25, 0.3) is 0 Å². The lowest BCUT2D eigenvalue weighted by Gasteiger charge is -2.38. The van der Waals surface area contributed by atoms with Crippen LogP contribution in [0.25, 0.3) is 0 Å². The van der Waals surface area contributed by atoms with Gasteiger partial charge in [0.1, 0.15) is 0 Å². The Balaban J connectivity index is 2.82. The van der Waals surface area contributed by atoms with E-state index in [2.05, 4.69) is 4.74 Å². The Morgan fingerprint density at radius 2 is 1.85 bits per heavy atom. The number of rotatable bonds is 4. The summed E-state index contributed by atoms with van der Waals surface area (Å²) in [5.74, 6) is -2.47. The molecule has 1 aliphatic rings. The first-order valence-electron chi connectivity index (χ1n) is 6.72. The molecule has 4 nitrogen and oxygen atoms in total. The van der Waals surface area contributed by atoms with Crippen LogP contribution in [0.15, 0.2) is 0 Å². The molecule has 7 heteroatoms. The predicted octanol–water partition coefficient (Wildman–Crippen LogP) is 2.52. The predicted molar refractivity (Wildman–Crippen MR) is 65.8 cm³/mol. The molecule has 1 rings (SSSR count). The van der Waals surface area contributed by atoms with Crippen LogP contribution in [-0.2, 0) is 14.3 Å². The van der Waals surface area contributed by atoms with Gasteiger partial charge in [-0.15, -0.1) is 0 Å². The molecule has 0 bridgehead atoms. The van der Waals surface area contributed by atoms with Crippen LogP contribution in [-0.4, -0.2) is 42.6 Å². The average Bonchev–Trinajstić information content (AvgIpc) is 2.39. The first-order valence-corrected chi connectivity index (χ1v) is 6.72. The number of methoxy groups -OCH3 is 1. The highest BCUT2D eigenvalue weighted by atomic mass is 19.4. The van der Waals surface area contributed by atoms with E-state index < -0.39 is 24.1 Å². The highest BCUT2D eigenvalue weighted by Gasteiger charge is 2.45. The Labute approximate surface area is 116 Å². The van der Waals surface area contributed by atoms with Gasteiger partial charge in [-0.25, -0.2) is 0 Å². The Morgan fingerprint density at radius 3 is 2.35 bits per heavy atom. The minimum absolute atomic E-state index is 0.00713. The first kappa shape index (κ1) is 16.8. The molecule has 0 heterocycles. The van der Waals surface area contributed by atoms with Gasteiger partial charge in [0.15, 0.2) is 0 Å². The van der Waals surface area contributed by atoms with E-state index in [-0.39, 0.29) is 18.9 Å². The van der Waals surface area contributed by atoms with E-state index in [1.54, 1.807) is 0 Å². The van der Waals surface area contributed by atoms with Crippen molar-refractivity contribution in [2.45, 2.75) is 51.2 Å². The number of halogens is 3. The van der Waals surface area contributed by atoms with Gasteiger partial charge < -0.3 is 9.64 Å². The highest BCUT2D eigenvalue weighted by Crippen LogP contribution is 2.31. The van der Waals surface area contributed by atoms with Crippen LogP contribution in [0.3, 0.4) is 0 Å². The van der Waals surface area contributed by atoms with Gasteiger partial charge in [-0.3, -0.25) is 9.59 Å². The van der Waals surface area contributed by atoms with Gasteiger partial charge >= 0.3 is 18.1 Å². The zero-order valence-electron chi connectivity index (χ0n) is 11.7. The molecular weight excluding hydrogens is 275 g/mol. The normalized spacial score (nSPS) is 23.2. The smallest absolute Gasteiger partial charge is 0.469 e. The quantitative estimate of drug-likeness (QED) is 0.749. The summed E-state index contributed by atoms with van der Waals surface area (Å²) in [5, 5.41) is 0. The monoisotopic (exact) mass is 295 g/mol. The molecule has 1 aliphatic carbocycles. The van der Waals surface area contributed by atoms with Crippen LogP contribution < -0.4 is 0 Å². The molecule has 0 radical (unpaired) electrons. The van der Waals surface area contributed by atoms with Crippen molar-refractivity contribution in [1.29, 1.82) is 0 Å². The van der Waals surface area contributed by atoms with Crippen LogP contribution in [0, 0.1) is 5.92 Å². The minimum Gasteiger partial charge on any atom is -0.469 e. The number of nitrogens with zero attached hydrogens (tertiary/aromatic N) is 1. The van der Waals surface area contributed by atoms with E-state index in [9.17, 15) is 22.8 Å². The number of carbonyl (C=O) groups is 2. The Morgan fingerprint density at radius 1 is 1.25 bits per heavy atom. The lowest BCUT2D eigenvalue weighted by molar-refractivity contribution is -0.189. The van der Waals surface area contributed by atoms with Gasteiger partial charge in [0.05, 0.1) is 13.5 Å². The molecule has 20 heavy (non-hydrogen) atoms. The highest BCUT2D eigenvalue weighted by molar-refractivity contribution is 5.82. The van der Waals surface area contributed by atoms with Crippen molar-refractivity contribution in [2.24, 2.45) is 5.92 Å². The fourth-order valence-electron chi connectivity index (χ4n) is 2.65. The van der Waals surface area contributed by atoms with Gasteiger partial charge in [-0.2, -0.15) is 13.2 Å². The lowest BCUT2D eigenvalue weighted by Crippen LogP contribution is -2.51. The van der Waals surface area contributed by atoms with Crippen molar-refractivity contribution >= 4 is 11.9 Å². The molecule has 2 unspecified atom stereocenters. The second-order valence-corrected chi connectivity index (χ2v) is 5.15. The SMILES string of the molecule is COC(=O)CCN(C(=O)C(F)(F)F)C1CCCCC1C. The van der Waals surface area contributed by atoms with E-state index in [1.807, 2.05) is 6.92 Å². The molecule has 0 aromatic rings. The van der Waals surface area contributed by atoms with E-state index >= 15 is 0 Å². The van der Waals surface area contributed by atoms with Crippen LogP contribution in [0.5, 0.6) is 0 Å². The topological polar surface area (TPSA) is 46.6 Å². The number of hydrogen-bond donors (Lipinski definition) is 0. The number of carbonyl (C=O) groups excluding carboxylic acids is 2. The fraction of sp³-hybridized carbons (Fsp3) is 0.846. The number of esters is 1. The van der Waals surface area contributed by atoms with Crippen molar-refractivity contribution in [3.05, 3.63) is 0 Å². The number of hydrogen-bond acceptors (Lipinski definition) is 3. The third-order valence-corrected chi connectivity index (χ3v) is 3.75. The molecule has 0 saturated heterocycles. The second-order valence-electron chi connectivity index (χ2n) is 5.15. The van der Waals surface area contributed by atoms with E-state index in [1.165, 1.54) is 7.11 Å². The van der Waals surface area contributed by atoms with Crippen LogP contribution in [0.2, 0.25) is 0 Å². The molecule has 0 N–H and O–H groups in total. The molecule has 1 saturated carbocycles. The standard InChI is InChI=1S/C13H20F3NO3/c1-9-5-3-4-6-10(9)17(8-7-11(18)20-2)12(19)13(14,15)16/h9-10H,3-8H2,1-2H3. The Hall–Kier alpha value is -1.27. The zero-order chi connectivity index (χ0) is 15.3. The molecule has 0 spiro atoms. The van der Waals surface area contributed by atoms with Crippen molar-refractivity contribution in [2.75, 3.05) is 13.7 Å². The summed E-state index contributed by atoms with van der Waals surface area (Å²) in [6, 6.07) is -0.456. The number of amides is 1. The van der Waals surface area contributed by atoms with Crippen molar-refractivity contribution < 1.29 is 27.5 Å². The zero-order valence-corrected chi connectivity index (χ0v) is 11.7. The molecule has 2 atom stereocenters. The Bertz CT molecular complexity index is 357. The summed E-state index contributed by atoms with van der Waals surface area (Å²) in [6.07, 6.45) is -2.03. The number of alkyl halides is 3. The fourth-order valence-corrected chi connectivity index (χ4v) is 2.65. The molecule has 116 valence electrons. The van der Waals surface area contributed by atoms with E-state index in [0.29, 0.717) is 6.42 Å². The summed E-state index contributed by atoms with van der Waals surface area (Å²) >= 11 is 0. The molecule has 0 aliphatic heterocycles. The summed E-state index contributed by atoms with van der Waals surface area (Å²) in [5.41, 5.74) is 0. The summed E-state index contributed by atoms with van der Waals surface area (Å²) in [4.78, 5) is 23.5.